The minimum absolute atomic E-state index is 0.437. The molecule has 0 bridgehead atoms. The zero-order chi connectivity index (χ0) is 18.2. The van der Waals surface area contributed by atoms with Gasteiger partial charge in [-0.25, -0.2) is 0 Å². The lowest BCUT2D eigenvalue weighted by atomic mass is 10.0. The van der Waals surface area contributed by atoms with E-state index < -0.39 is 0 Å². The number of benzene rings is 1. The Balaban J connectivity index is 0.000000441. The number of allylic oxidation sites excluding steroid dienone is 6. The van der Waals surface area contributed by atoms with Crippen LogP contribution in [0.25, 0.3) is 0 Å². The van der Waals surface area contributed by atoms with Crippen molar-refractivity contribution >= 4 is 12.9 Å². The second-order valence-corrected chi connectivity index (χ2v) is 5.32. The zero-order valence-electron chi connectivity index (χ0n) is 15.2. The van der Waals surface area contributed by atoms with Crippen molar-refractivity contribution in [1.29, 1.82) is 0 Å². The number of nitrogens with one attached hydrogen (secondary N) is 1. The van der Waals surface area contributed by atoms with Crippen LogP contribution in [0.5, 0.6) is 0 Å². The minimum Gasteiger partial charge on any atom is -0.284 e. The van der Waals surface area contributed by atoms with Crippen molar-refractivity contribution in [1.82, 2.24) is 5.43 Å². The third-order valence-corrected chi connectivity index (χ3v) is 2.99. The lowest BCUT2D eigenvalue weighted by molar-refractivity contribution is 0.858. The highest BCUT2D eigenvalue weighted by molar-refractivity contribution is 5.79. The first-order valence-electron chi connectivity index (χ1n) is 7.92. The fourth-order valence-corrected chi connectivity index (χ4v) is 1.51. The smallest absolute Gasteiger partial charge is 0.0544 e. The molecule has 0 fully saturated rings. The first-order valence-corrected chi connectivity index (χ1v) is 7.92. The van der Waals surface area contributed by atoms with Crippen molar-refractivity contribution in [3.63, 3.8) is 0 Å². The SMILES string of the molecule is C=C(C)N/N=C/c1ccccc1.C=N/C=C(\C)C(C)/C=C\C=C/C. The average Bonchev–Trinajstić information content (AvgIpc) is 2.56. The molecule has 1 atom stereocenters. The van der Waals surface area contributed by atoms with Crippen LogP contribution in [0.2, 0.25) is 0 Å². The summed E-state index contributed by atoms with van der Waals surface area (Å²) in [5, 5.41) is 3.97. The maximum Gasteiger partial charge on any atom is 0.0544 e. The lowest BCUT2D eigenvalue weighted by Gasteiger charge is -2.03. The van der Waals surface area contributed by atoms with Gasteiger partial charge >= 0.3 is 0 Å². The molecule has 1 N–H and O–H groups in total. The molecule has 128 valence electrons. The topological polar surface area (TPSA) is 36.8 Å². The van der Waals surface area contributed by atoms with Crippen LogP contribution in [0.15, 0.2) is 88.8 Å². The highest BCUT2D eigenvalue weighted by Crippen LogP contribution is 2.10. The van der Waals surface area contributed by atoms with Crippen molar-refractivity contribution < 1.29 is 0 Å². The van der Waals surface area contributed by atoms with E-state index in [2.05, 4.69) is 48.7 Å². The first-order chi connectivity index (χ1) is 11.5. The third-order valence-electron chi connectivity index (χ3n) is 2.99. The molecular weight excluding hydrogens is 294 g/mol. The Morgan fingerprint density at radius 3 is 2.38 bits per heavy atom. The largest absolute Gasteiger partial charge is 0.284 e. The van der Waals surface area contributed by atoms with Crippen LogP contribution in [-0.4, -0.2) is 12.9 Å². The van der Waals surface area contributed by atoms with Gasteiger partial charge in [0.2, 0.25) is 0 Å². The molecule has 0 spiro atoms. The number of rotatable bonds is 7. The van der Waals surface area contributed by atoms with Crippen LogP contribution in [-0.2, 0) is 0 Å². The summed E-state index contributed by atoms with van der Waals surface area (Å²) in [6.45, 7) is 15.1. The van der Waals surface area contributed by atoms with Gasteiger partial charge in [-0.05, 0) is 44.5 Å². The highest BCUT2D eigenvalue weighted by Gasteiger charge is 1.96. The number of hydrogen-bond donors (Lipinski definition) is 1. The van der Waals surface area contributed by atoms with Crippen LogP contribution in [0.4, 0.5) is 0 Å². The highest BCUT2D eigenvalue weighted by atomic mass is 15.3. The number of hydrazone groups is 1. The van der Waals surface area contributed by atoms with Crippen molar-refractivity contribution in [3.8, 4) is 0 Å². The van der Waals surface area contributed by atoms with Gasteiger partial charge in [-0.3, -0.25) is 10.4 Å². The molecule has 24 heavy (non-hydrogen) atoms. The van der Waals surface area contributed by atoms with E-state index in [1.807, 2.05) is 62.4 Å². The monoisotopic (exact) mass is 323 g/mol. The standard InChI is InChI=1S/C11H17N.C10H12N2/c1-5-6-7-8-10(2)11(3)9-12-4;1-9(2)12-11-8-10-6-4-3-5-7-10/h5-10H,4H2,1-3H3;3-8,12H,1H2,2H3/b6-5-,8-7-,11-9+;11-8+. The van der Waals surface area contributed by atoms with Gasteiger partial charge in [0.15, 0.2) is 0 Å². The minimum atomic E-state index is 0.437. The quantitative estimate of drug-likeness (QED) is 0.401. The Labute approximate surface area is 146 Å². The third kappa shape index (κ3) is 11.9. The summed E-state index contributed by atoms with van der Waals surface area (Å²) >= 11 is 0. The molecule has 0 aliphatic heterocycles. The summed E-state index contributed by atoms with van der Waals surface area (Å²) in [6, 6.07) is 9.90. The van der Waals surface area contributed by atoms with E-state index >= 15 is 0 Å². The molecule has 1 unspecified atom stereocenters. The van der Waals surface area contributed by atoms with Gasteiger partial charge in [0.05, 0.1) is 6.21 Å². The van der Waals surface area contributed by atoms with Crippen molar-refractivity contribution in [2.24, 2.45) is 16.0 Å². The predicted octanol–water partition coefficient (Wildman–Crippen LogP) is 5.50. The Morgan fingerprint density at radius 2 is 1.83 bits per heavy atom. The molecule has 1 rings (SSSR count). The van der Waals surface area contributed by atoms with Crippen LogP contribution in [0.1, 0.15) is 33.3 Å². The number of nitrogens with zero attached hydrogens (tertiary/aromatic N) is 2. The van der Waals surface area contributed by atoms with Crippen LogP contribution < -0.4 is 5.43 Å². The molecule has 0 saturated heterocycles. The summed E-state index contributed by atoms with van der Waals surface area (Å²) < 4.78 is 0. The fourth-order valence-electron chi connectivity index (χ4n) is 1.51. The zero-order valence-corrected chi connectivity index (χ0v) is 15.2. The van der Waals surface area contributed by atoms with Crippen LogP contribution in [0.3, 0.4) is 0 Å². The summed E-state index contributed by atoms with van der Waals surface area (Å²) in [6.07, 6.45) is 11.8. The van der Waals surface area contributed by atoms with Gasteiger partial charge in [-0.15, -0.1) is 0 Å². The van der Waals surface area contributed by atoms with Crippen molar-refractivity contribution in [2.75, 3.05) is 0 Å². The van der Waals surface area contributed by atoms with Crippen LogP contribution >= 0.6 is 0 Å². The predicted molar refractivity (Wildman–Crippen MR) is 108 cm³/mol. The van der Waals surface area contributed by atoms with E-state index in [1.54, 1.807) is 12.4 Å². The average molecular weight is 323 g/mol. The Hall–Kier alpha value is -2.68. The fraction of sp³-hybridized carbons (Fsp3) is 0.238. The molecule has 0 radical (unpaired) electrons. The first kappa shape index (κ1) is 21.3. The molecule has 0 saturated carbocycles. The van der Waals surface area contributed by atoms with Crippen molar-refractivity contribution in [2.45, 2.75) is 27.7 Å². The van der Waals surface area contributed by atoms with Crippen LogP contribution in [0, 0.1) is 5.92 Å². The second kappa shape index (κ2) is 13.9. The molecular formula is C21H29N3. The molecule has 0 aromatic heterocycles. The van der Waals surface area contributed by atoms with Gasteiger partial charge in [-0.2, -0.15) is 5.10 Å². The van der Waals surface area contributed by atoms with Crippen molar-refractivity contribution in [3.05, 3.63) is 84.2 Å². The molecule has 0 aliphatic rings. The Bertz CT molecular complexity index is 593. The second-order valence-electron chi connectivity index (χ2n) is 5.32. The van der Waals surface area contributed by atoms with Gasteiger partial charge < -0.3 is 0 Å². The van der Waals surface area contributed by atoms with E-state index in [4.69, 9.17) is 0 Å². The molecule has 1 aromatic rings. The van der Waals surface area contributed by atoms with E-state index in [0.717, 1.165) is 11.3 Å². The maximum atomic E-state index is 3.97. The number of hydrogen-bond acceptors (Lipinski definition) is 3. The molecule has 1 aromatic carbocycles. The number of aliphatic imine (C=N–C) groups is 1. The maximum absolute atomic E-state index is 3.97. The molecule has 0 amide bonds. The summed E-state index contributed by atoms with van der Waals surface area (Å²) in [4.78, 5) is 3.72. The summed E-state index contributed by atoms with van der Waals surface area (Å²) in [5.74, 6) is 0.437. The van der Waals surface area contributed by atoms with Gasteiger partial charge in [0.1, 0.15) is 0 Å². The van der Waals surface area contributed by atoms with Gasteiger partial charge in [0.25, 0.3) is 0 Å². The molecule has 3 nitrogen and oxygen atoms in total. The van der Waals surface area contributed by atoms with E-state index in [9.17, 15) is 0 Å². The lowest BCUT2D eigenvalue weighted by Crippen LogP contribution is -2.00. The normalized spacial score (nSPS) is 12.9. The van der Waals surface area contributed by atoms with E-state index in [0.29, 0.717) is 5.92 Å². The summed E-state index contributed by atoms with van der Waals surface area (Å²) in [5.41, 5.74) is 5.91. The molecule has 0 aliphatic carbocycles. The van der Waals surface area contributed by atoms with E-state index in [-0.39, 0.29) is 0 Å². The van der Waals surface area contributed by atoms with Gasteiger partial charge in [0, 0.05) is 11.9 Å². The summed E-state index contributed by atoms with van der Waals surface area (Å²) in [7, 11) is 0. The van der Waals surface area contributed by atoms with E-state index in [1.165, 1.54) is 5.57 Å². The van der Waals surface area contributed by atoms with Gasteiger partial charge in [-0.1, -0.05) is 68.1 Å². The Morgan fingerprint density at radius 1 is 1.17 bits per heavy atom. The Kier molecular flexibility index (Phi) is 12.4. The molecule has 3 heteroatoms. The molecule has 0 heterocycles.